The van der Waals surface area contributed by atoms with E-state index >= 15 is 0 Å². The Labute approximate surface area is 115 Å². The van der Waals surface area contributed by atoms with Gasteiger partial charge in [-0.05, 0) is 24.9 Å². The number of nitrogens with one attached hydrogen (secondary N) is 1. The number of sulfonamides is 1. The highest BCUT2D eigenvalue weighted by atomic mass is 32.2. The number of likely N-dealkylation sites (N-methyl/N-ethyl adjacent to an activating group) is 1. The average Bonchev–Trinajstić information content (AvgIpc) is 2.89. The summed E-state index contributed by atoms with van der Waals surface area (Å²) in [5.41, 5.74) is 0.848. The molecule has 1 fully saturated rings. The predicted molar refractivity (Wildman–Crippen MR) is 77.3 cm³/mol. The van der Waals surface area contributed by atoms with Crippen molar-refractivity contribution >= 4 is 10.0 Å². The fourth-order valence-electron chi connectivity index (χ4n) is 2.47. The smallest absolute Gasteiger partial charge is 0.218 e. The lowest BCUT2D eigenvalue weighted by molar-refractivity contribution is 0.382. The Bertz CT molecular complexity index is 481. The summed E-state index contributed by atoms with van der Waals surface area (Å²) >= 11 is 0. The molecule has 0 aliphatic carbocycles. The molecule has 1 heterocycles. The van der Waals surface area contributed by atoms with Crippen molar-refractivity contribution in [2.24, 2.45) is 0 Å². The first kappa shape index (κ1) is 14.5. The fourth-order valence-corrected chi connectivity index (χ4v) is 4.07. The van der Waals surface area contributed by atoms with Gasteiger partial charge in [0.15, 0.2) is 0 Å². The minimum Gasteiger partial charge on any atom is -0.313 e. The second-order valence-corrected chi connectivity index (χ2v) is 6.95. The minimum absolute atomic E-state index is 0.0917. The molecule has 0 bridgehead atoms. The van der Waals surface area contributed by atoms with Crippen LogP contribution >= 0.6 is 0 Å². The van der Waals surface area contributed by atoms with Gasteiger partial charge in [0.1, 0.15) is 0 Å². The van der Waals surface area contributed by atoms with Crippen LogP contribution in [0.1, 0.15) is 25.3 Å². The first-order valence-electron chi connectivity index (χ1n) is 6.87. The van der Waals surface area contributed by atoms with E-state index in [0.29, 0.717) is 19.1 Å². The molecule has 1 aliphatic heterocycles. The van der Waals surface area contributed by atoms with Gasteiger partial charge < -0.3 is 5.32 Å². The van der Waals surface area contributed by atoms with Gasteiger partial charge in [-0.15, -0.1) is 0 Å². The van der Waals surface area contributed by atoms with Crippen LogP contribution in [0.4, 0.5) is 0 Å². The third-order valence-electron chi connectivity index (χ3n) is 3.52. The van der Waals surface area contributed by atoms with E-state index in [1.807, 2.05) is 37.3 Å². The Morgan fingerprint density at radius 3 is 2.63 bits per heavy atom. The maximum absolute atomic E-state index is 12.4. The van der Waals surface area contributed by atoms with Crippen LogP contribution in [0.25, 0.3) is 0 Å². The Kier molecular flexibility index (Phi) is 4.96. The molecular formula is C14H22N2O2S. The molecule has 2 rings (SSSR count). The van der Waals surface area contributed by atoms with Crippen molar-refractivity contribution in [3.63, 3.8) is 0 Å². The van der Waals surface area contributed by atoms with E-state index in [0.717, 1.165) is 24.9 Å². The molecular weight excluding hydrogens is 260 g/mol. The van der Waals surface area contributed by atoms with E-state index in [4.69, 9.17) is 0 Å². The van der Waals surface area contributed by atoms with Crippen LogP contribution in [0, 0.1) is 0 Å². The van der Waals surface area contributed by atoms with Gasteiger partial charge in [-0.2, -0.15) is 0 Å². The monoisotopic (exact) mass is 282 g/mol. The van der Waals surface area contributed by atoms with Gasteiger partial charge in [-0.1, -0.05) is 37.3 Å². The van der Waals surface area contributed by atoms with Gasteiger partial charge in [0, 0.05) is 19.1 Å². The fraction of sp³-hybridized carbons (Fsp3) is 0.571. The second-order valence-electron chi connectivity index (χ2n) is 4.99. The highest BCUT2D eigenvalue weighted by Crippen LogP contribution is 2.14. The van der Waals surface area contributed by atoms with Crippen LogP contribution in [0.2, 0.25) is 0 Å². The molecule has 0 aromatic heterocycles. The zero-order valence-corrected chi connectivity index (χ0v) is 12.2. The molecule has 1 N–H and O–H groups in total. The lowest BCUT2D eigenvalue weighted by Gasteiger charge is -2.24. The van der Waals surface area contributed by atoms with Crippen LogP contribution in [0.5, 0.6) is 0 Å². The van der Waals surface area contributed by atoms with Crippen LogP contribution in [0.3, 0.4) is 0 Å². The first-order valence-corrected chi connectivity index (χ1v) is 8.48. The lowest BCUT2D eigenvalue weighted by Crippen LogP contribution is -2.41. The molecule has 106 valence electrons. The van der Waals surface area contributed by atoms with Gasteiger partial charge in [0.05, 0.1) is 5.75 Å². The zero-order valence-electron chi connectivity index (χ0n) is 11.4. The summed E-state index contributed by atoms with van der Waals surface area (Å²) in [5.74, 6) is 0.0917. The topological polar surface area (TPSA) is 49.4 Å². The largest absolute Gasteiger partial charge is 0.313 e. The van der Waals surface area contributed by atoms with Crippen LogP contribution in [-0.2, 0) is 15.8 Å². The zero-order chi connectivity index (χ0) is 13.7. The Hall–Kier alpha value is -0.910. The predicted octanol–water partition coefficient (Wildman–Crippen LogP) is 1.59. The van der Waals surface area contributed by atoms with Crippen molar-refractivity contribution in [1.82, 2.24) is 9.62 Å². The SMILES string of the molecule is CCN(CC1CCCN1)S(=O)(=O)Cc1ccccc1. The number of benzene rings is 1. The first-order chi connectivity index (χ1) is 9.12. The number of nitrogens with zero attached hydrogens (tertiary/aromatic N) is 1. The maximum atomic E-state index is 12.4. The highest BCUT2D eigenvalue weighted by molar-refractivity contribution is 7.88. The van der Waals surface area contributed by atoms with Crippen LogP contribution < -0.4 is 5.32 Å². The van der Waals surface area contributed by atoms with Gasteiger partial charge in [-0.3, -0.25) is 0 Å². The van der Waals surface area contributed by atoms with E-state index in [1.165, 1.54) is 0 Å². The minimum atomic E-state index is -3.22. The molecule has 1 aromatic carbocycles. The van der Waals surface area contributed by atoms with Crippen molar-refractivity contribution in [3.05, 3.63) is 35.9 Å². The molecule has 1 atom stereocenters. The summed E-state index contributed by atoms with van der Waals surface area (Å²) in [6.07, 6.45) is 2.21. The van der Waals surface area contributed by atoms with E-state index < -0.39 is 10.0 Å². The molecule has 1 saturated heterocycles. The summed E-state index contributed by atoms with van der Waals surface area (Å²) in [4.78, 5) is 0. The van der Waals surface area contributed by atoms with Crippen molar-refractivity contribution in [3.8, 4) is 0 Å². The van der Waals surface area contributed by atoms with Gasteiger partial charge in [0.2, 0.25) is 10.0 Å². The molecule has 1 aromatic rings. The molecule has 0 spiro atoms. The third kappa shape index (κ3) is 4.03. The summed E-state index contributed by atoms with van der Waals surface area (Å²) in [6.45, 7) is 4.03. The average molecular weight is 282 g/mol. The summed E-state index contributed by atoms with van der Waals surface area (Å²) in [6, 6.07) is 9.68. The molecule has 19 heavy (non-hydrogen) atoms. The van der Waals surface area contributed by atoms with Crippen molar-refractivity contribution < 1.29 is 8.42 Å². The Morgan fingerprint density at radius 1 is 1.32 bits per heavy atom. The molecule has 4 nitrogen and oxygen atoms in total. The van der Waals surface area contributed by atoms with Crippen molar-refractivity contribution in [1.29, 1.82) is 0 Å². The van der Waals surface area contributed by atoms with Gasteiger partial charge >= 0.3 is 0 Å². The maximum Gasteiger partial charge on any atom is 0.218 e. The summed E-state index contributed by atoms with van der Waals surface area (Å²) in [7, 11) is -3.22. The van der Waals surface area contributed by atoms with Crippen LogP contribution in [0.15, 0.2) is 30.3 Å². The molecule has 1 aliphatic rings. The van der Waals surface area contributed by atoms with Crippen molar-refractivity contribution in [2.75, 3.05) is 19.6 Å². The molecule has 1 unspecified atom stereocenters. The van der Waals surface area contributed by atoms with E-state index in [-0.39, 0.29) is 5.75 Å². The lowest BCUT2D eigenvalue weighted by atomic mass is 10.2. The molecule has 0 amide bonds. The van der Waals surface area contributed by atoms with Crippen molar-refractivity contribution in [2.45, 2.75) is 31.6 Å². The number of hydrogen-bond acceptors (Lipinski definition) is 3. The highest BCUT2D eigenvalue weighted by Gasteiger charge is 2.25. The third-order valence-corrected chi connectivity index (χ3v) is 5.42. The van der Waals surface area contributed by atoms with Gasteiger partial charge in [-0.25, -0.2) is 12.7 Å². The standard InChI is InChI=1S/C14H22N2O2S/c1-2-16(11-14-9-6-10-15-14)19(17,18)12-13-7-4-3-5-8-13/h3-5,7-8,14-15H,2,6,9-12H2,1H3. The van der Waals surface area contributed by atoms with E-state index in [1.54, 1.807) is 4.31 Å². The molecule has 0 saturated carbocycles. The normalized spacial score (nSPS) is 20.0. The van der Waals surface area contributed by atoms with Gasteiger partial charge in [0.25, 0.3) is 0 Å². The van der Waals surface area contributed by atoms with Crippen LogP contribution in [-0.4, -0.2) is 38.4 Å². The molecule has 0 radical (unpaired) electrons. The number of rotatable bonds is 6. The molecule has 5 heteroatoms. The number of hydrogen-bond donors (Lipinski definition) is 1. The second kappa shape index (κ2) is 6.50. The summed E-state index contributed by atoms with van der Waals surface area (Å²) < 4.78 is 26.4. The Balaban J connectivity index is 2.03. The van der Waals surface area contributed by atoms with E-state index in [9.17, 15) is 8.42 Å². The summed E-state index contributed by atoms with van der Waals surface area (Å²) in [5, 5.41) is 3.35. The quantitative estimate of drug-likeness (QED) is 0.862. The Morgan fingerprint density at radius 2 is 2.05 bits per heavy atom. The van der Waals surface area contributed by atoms with E-state index in [2.05, 4.69) is 5.32 Å².